The van der Waals surface area contributed by atoms with Gasteiger partial charge in [-0.05, 0) is 36.4 Å². The van der Waals surface area contributed by atoms with Crippen LogP contribution in [0.4, 0.5) is 0 Å². The van der Waals surface area contributed by atoms with Gasteiger partial charge in [0.05, 0.1) is 11.9 Å². The van der Waals surface area contributed by atoms with Crippen molar-refractivity contribution in [1.29, 1.82) is 0 Å². The van der Waals surface area contributed by atoms with Crippen LogP contribution in [0.15, 0.2) is 72.8 Å². The second-order valence-corrected chi connectivity index (χ2v) is 5.43. The van der Waals surface area contributed by atoms with Gasteiger partial charge in [-0.1, -0.05) is 36.4 Å². The van der Waals surface area contributed by atoms with Crippen molar-refractivity contribution in [3.63, 3.8) is 0 Å². The minimum absolute atomic E-state index is 0. The maximum absolute atomic E-state index is 10.3. The van der Waals surface area contributed by atoms with Crippen molar-refractivity contribution in [3.8, 4) is 17.2 Å². The van der Waals surface area contributed by atoms with Gasteiger partial charge in [0.1, 0.15) is 22.8 Å². The standard InChI is InChI=1S/3C7H6O3.Ca/c3*8-6-4-2-1-3-5(6)7(9)10;/h3*1-4,8H,(H,9,10);/q;;;+2/p-2. The van der Waals surface area contributed by atoms with Gasteiger partial charge in [-0.15, -0.1) is 0 Å². The van der Waals surface area contributed by atoms with Crippen LogP contribution >= 0.6 is 0 Å². The molecular weight excluding hydrogens is 436 g/mol. The number of carboxylic acid groups (broad SMARTS) is 3. The topological polar surface area (TPSA) is 178 Å². The minimum Gasteiger partial charge on any atom is -0.545 e. The molecule has 4 N–H and O–H groups in total. The molecule has 3 aromatic rings. The van der Waals surface area contributed by atoms with Crippen LogP contribution in [0.2, 0.25) is 0 Å². The number of carbonyl (C=O) groups is 3. The predicted octanol–water partition coefficient (Wildman–Crippen LogP) is 0.221. The summed E-state index contributed by atoms with van der Waals surface area (Å²) in [5.41, 5.74) is -0.424. The van der Waals surface area contributed by atoms with Gasteiger partial charge in [0.2, 0.25) is 0 Å². The largest absolute Gasteiger partial charge is 2.00 e. The van der Waals surface area contributed by atoms with E-state index in [9.17, 15) is 24.6 Å². The van der Waals surface area contributed by atoms with Crippen LogP contribution in [0, 0.1) is 0 Å². The van der Waals surface area contributed by atoms with Gasteiger partial charge in [0.15, 0.2) is 0 Å². The summed E-state index contributed by atoms with van der Waals surface area (Å²) >= 11 is 0. The van der Waals surface area contributed by atoms with Gasteiger partial charge in [0.25, 0.3) is 0 Å². The maximum atomic E-state index is 10.3. The smallest absolute Gasteiger partial charge is 0.545 e. The Morgan fingerprint density at radius 1 is 0.548 bits per heavy atom. The Balaban J connectivity index is 0.000000429. The minimum atomic E-state index is -1.36. The van der Waals surface area contributed by atoms with Gasteiger partial charge < -0.3 is 40.2 Å². The van der Waals surface area contributed by atoms with Crippen molar-refractivity contribution in [2.45, 2.75) is 0 Å². The first kappa shape index (κ1) is 27.7. The fourth-order valence-electron chi connectivity index (χ4n) is 1.95. The molecule has 3 aromatic carbocycles. The maximum Gasteiger partial charge on any atom is 2.00 e. The molecule has 0 unspecified atom stereocenters. The van der Waals surface area contributed by atoms with Gasteiger partial charge in [-0.25, -0.2) is 4.79 Å². The van der Waals surface area contributed by atoms with E-state index in [1.165, 1.54) is 48.5 Å². The fourth-order valence-corrected chi connectivity index (χ4v) is 1.95. The third-order valence-corrected chi connectivity index (χ3v) is 3.38. The first-order valence-electron chi connectivity index (χ1n) is 8.15. The molecule has 31 heavy (non-hydrogen) atoms. The molecule has 0 fully saturated rings. The van der Waals surface area contributed by atoms with Gasteiger partial charge in [-0.3, -0.25) is 0 Å². The van der Waals surface area contributed by atoms with Crippen LogP contribution < -0.4 is 10.2 Å². The molecule has 0 aromatic heterocycles. The third kappa shape index (κ3) is 9.39. The molecule has 0 heterocycles. The van der Waals surface area contributed by atoms with Gasteiger partial charge >= 0.3 is 43.7 Å². The zero-order valence-electron chi connectivity index (χ0n) is 16.0. The van der Waals surface area contributed by atoms with E-state index in [1.54, 1.807) is 24.3 Å². The number of benzene rings is 3. The number of aromatic hydroxyl groups is 3. The van der Waals surface area contributed by atoms with Crippen LogP contribution in [-0.2, 0) is 0 Å². The molecule has 0 bridgehead atoms. The normalized spacial score (nSPS) is 8.90. The van der Waals surface area contributed by atoms with Crippen LogP contribution in [0.1, 0.15) is 31.1 Å². The van der Waals surface area contributed by atoms with Gasteiger partial charge in [0, 0.05) is 11.1 Å². The monoisotopic (exact) mass is 452 g/mol. The number of hydrogen-bond acceptors (Lipinski definition) is 8. The number of rotatable bonds is 3. The van der Waals surface area contributed by atoms with E-state index < -0.39 is 17.9 Å². The van der Waals surface area contributed by atoms with Crippen molar-refractivity contribution in [2.75, 3.05) is 0 Å². The average Bonchev–Trinajstić information content (AvgIpc) is 2.69. The Bertz CT molecular complexity index is 903. The summed E-state index contributed by atoms with van der Waals surface area (Å²) in [7, 11) is 0. The van der Waals surface area contributed by atoms with Crippen molar-refractivity contribution < 1.29 is 45.0 Å². The molecule has 156 valence electrons. The van der Waals surface area contributed by atoms with Crippen LogP contribution in [-0.4, -0.2) is 76.1 Å². The molecule has 0 aliphatic heterocycles. The molecule has 0 aliphatic carbocycles. The summed E-state index contributed by atoms with van der Waals surface area (Å²) in [5.74, 6) is -4.56. The summed E-state index contributed by atoms with van der Waals surface area (Å²) in [6, 6.07) is 17.1. The SMILES string of the molecule is O=C(O)c1ccccc1O.O=C([O-])c1ccccc1O.O=C([O-])c1ccccc1O.[Ca+2]. The summed E-state index contributed by atoms with van der Waals surface area (Å²) < 4.78 is 0. The van der Waals surface area contributed by atoms with Crippen molar-refractivity contribution in [2.24, 2.45) is 0 Å². The molecule has 10 heteroatoms. The molecule has 0 atom stereocenters. The van der Waals surface area contributed by atoms with E-state index in [2.05, 4.69) is 0 Å². The molecule has 0 saturated heterocycles. The summed E-state index contributed by atoms with van der Waals surface area (Å²) in [6.07, 6.45) is 0. The number of carboxylic acids is 3. The molecule has 0 amide bonds. The molecule has 3 rings (SSSR count). The number of aromatic carboxylic acids is 3. The van der Waals surface area contributed by atoms with E-state index in [4.69, 9.17) is 20.4 Å². The molecule has 0 saturated carbocycles. The Morgan fingerprint density at radius 2 is 0.806 bits per heavy atom. The van der Waals surface area contributed by atoms with Crippen LogP contribution in [0.5, 0.6) is 17.2 Å². The van der Waals surface area contributed by atoms with Gasteiger partial charge in [-0.2, -0.15) is 0 Å². The van der Waals surface area contributed by atoms with Crippen LogP contribution in [0.3, 0.4) is 0 Å². The van der Waals surface area contributed by atoms with Crippen molar-refractivity contribution >= 4 is 55.6 Å². The zero-order chi connectivity index (χ0) is 22.7. The van der Waals surface area contributed by atoms with E-state index in [0.717, 1.165) is 0 Å². The van der Waals surface area contributed by atoms with Crippen molar-refractivity contribution in [3.05, 3.63) is 89.5 Å². The van der Waals surface area contributed by atoms with Crippen LogP contribution in [0.25, 0.3) is 0 Å². The van der Waals surface area contributed by atoms with E-state index in [0.29, 0.717) is 0 Å². The molecular formula is C21H16CaO9. The quantitative estimate of drug-likeness (QED) is 0.405. The molecule has 0 spiro atoms. The molecule has 0 aliphatic rings. The second-order valence-electron chi connectivity index (χ2n) is 5.43. The summed E-state index contributed by atoms with van der Waals surface area (Å²) in [4.78, 5) is 30.6. The first-order valence-corrected chi connectivity index (χ1v) is 8.15. The number of para-hydroxylation sites is 3. The third-order valence-electron chi connectivity index (χ3n) is 3.38. The average molecular weight is 452 g/mol. The molecule has 0 radical (unpaired) electrons. The Morgan fingerprint density at radius 3 is 0.968 bits per heavy atom. The fraction of sp³-hybridized carbons (Fsp3) is 0. The zero-order valence-corrected chi connectivity index (χ0v) is 18.2. The number of carbonyl (C=O) groups excluding carboxylic acids is 2. The first-order chi connectivity index (χ1) is 14.1. The van der Waals surface area contributed by atoms with E-state index >= 15 is 0 Å². The summed E-state index contributed by atoms with van der Waals surface area (Å²) in [5, 5.41) is 55.3. The molecule has 9 nitrogen and oxygen atoms in total. The Labute approximate surface area is 206 Å². The summed E-state index contributed by atoms with van der Waals surface area (Å²) in [6.45, 7) is 0. The van der Waals surface area contributed by atoms with E-state index in [-0.39, 0.29) is 71.7 Å². The van der Waals surface area contributed by atoms with Crippen molar-refractivity contribution in [1.82, 2.24) is 0 Å². The van der Waals surface area contributed by atoms with E-state index in [1.807, 2.05) is 0 Å². The number of phenols is 3. The predicted molar refractivity (Wildman–Crippen MR) is 106 cm³/mol. The second kappa shape index (κ2) is 13.9. The Kier molecular flexibility index (Phi) is 12.4. The Hall–Kier alpha value is -3.27. The number of hydrogen-bond donors (Lipinski definition) is 4.